The number of thiazole rings is 1. The third-order valence-corrected chi connectivity index (χ3v) is 6.15. The Kier molecular flexibility index (Phi) is 8.69. The van der Waals surface area contributed by atoms with Gasteiger partial charge >= 0.3 is 0 Å². The molecule has 2 aromatic heterocycles. The van der Waals surface area contributed by atoms with Gasteiger partial charge in [0.2, 0.25) is 0 Å². The molecule has 0 spiro atoms. The van der Waals surface area contributed by atoms with Crippen LogP contribution >= 0.6 is 23.1 Å². The first-order chi connectivity index (χ1) is 15.4. The lowest BCUT2D eigenvalue weighted by molar-refractivity contribution is 0.0949. The van der Waals surface area contributed by atoms with Crippen LogP contribution < -0.4 is 10.1 Å². The summed E-state index contributed by atoms with van der Waals surface area (Å²) in [4.78, 5) is 17.0. The minimum atomic E-state index is -0.152. The van der Waals surface area contributed by atoms with Crippen LogP contribution in [0.5, 0.6) is 5.75 Å². The number of carbonyl (C=O) groups is 1. The number of aromatic nitrogens is 4. The molecule has 0 saturated carbocycles. The third kappa shape index (κ3) is 6.56. The van der Waals surface area contributed by atoms with Crippen molar-refractivity contribution in [3.05, 3.63) is 41.2 Å². The summed E-state index contributed by atoms with van der Waals surface area (Å²) in [7, 11) is 0. The average Bonchev–Trinajstić information content (AvgIpc) is 3.38. The lowest BCUT2D eigenvalue weighted by atomic mass is 10.2. The Morgan fingerprint density at radius 3 is 2.59 bits per heavy atom. The molecule has 3 aromatic rings. The molecule has 0 atom stereocenters. The Hall–Kier alpha value is -2.39. The van der Waals surface area contributed by atoms with Gasteiger partial charge in [-0.2, -0.15) is 0 Å². The first-order valence-electron chi connectivity index (χ1n) is 10.8. The number of ether oxygens (including phenoxy) is 1. The number of nitrogens with zero attached hydrogens (tertiary/aromatic N) is 4. The molecule has 1 amide bonds. The predicted octanol–water partition coefficient (Wildman–Crippen LogP) is 4.93. The van der Waals surface area contributed by atoms with E-state index in [9.17, 15) is 4.79 Å². The fraction of sp³-hybridized carbons (Fsp3) is 0.478. The highest BCUT2D eigenvalue weighted by Crippen LogP contribution is 2.26. The minimum absolute atomic E-state index is 0.134. The highest BCUT2D eigenvalue weighted by atomic mass is 32.2. The zero-order valence-electron chi connectivity index (χ0n) is 19.3. The number of benzene rings is 1. The van der Waals surface area contributed by atoms with Crippen molar-refractivity contribution in [3.8, 4) is 16.3 Å². The van der Waals surface area contributed by atoms with Crippen LogP contribution in [0, 0.1) is 5.92 Å². The zero-order valence-corrected chi connectivity index (χ0v) is 20.9. The van der Waals surface area contributed by atoms with Gasteiger partial charge in [0.15, 0.2) is 5.16 Å². The van der Waals surface area contributed by atoms with Crippen molar-refractivity contribution in [2.24, 2.45) is 5.92 Å². The van der Waals surface area contributed by atoms with Crippen LogP contribution in [0.1, 0.15) is 50.4 Å². The highest BCUT2D eigenvalue weighted by molar-refractivity contribution is 7.98. The Labute approximate surface area is 198 Å². The van der Waals surface area contributed by atoms with Gasteiger partial charge in [-0.3, -0.25) is 4.79 Å². The number of nitrogens with one attached hydrogen (secondary N) is 1. The van der Waals surface area contributed by atoms with Crippen LogP contribution in [-0.2, 0) is 13.0 Å². The van der Waals surface area contributed by atoms with Crippen molar-refractivity contribution >= 4 is 29.0 Å². The SMILES string of the molecule is CSc1nnc(CCCNC(=O)c2csc(-c3ccc(OC(C)C)cc3)n2)n1CC(C)C. The van der Waals surface area contributed by atoms with E-state index in [4.69, 9.17) is 4.74 Å². The van der Waals surface area contributed by atoms with Gasteiger partial charge in [0.1, 0.15) is 22.3 Å². The summed E-state index contributed by atoms with van der Waals surface area (Å²) in [5.74, 6) is 2.17. The maximum atomic E-state index is 12.5. The summed E-state index contributed by atoms with van der Waals surface area (Å²) < 4.78 is 7.86. The van der Waals surface area contributed by atoms with E-state index < -0.39 is 0 Å². The van der Waals surface area contributed by atoms with E-state index in [2.05, 4.69) is 38.9 Å². The van der Waals surface area contributed by atoms with E-state index in [0.717, 1.165) is 46.7 Å². The number of amides is 1. The highest BCUT2D eigenvalue weighted by Gasteiger charge is 2.14. The molecular weight excluding hydrogens is 442 g/mol. The fourth-order valence-electron chi connectivity index (χ4n) is 3.20. The molecule has 7 nitrogen and oxygen atoms in total. The first kappa shape index (κ1) is 24.3. The second kappa shape index (κ2) is 11.5. The Morgan fingerprint density at radius 1 is 1.19 bits per heavy atom. The topological polar surface area (TPSA) is 81.9 Å². The minimum Gasteiger partial charge on any atom is -0.491 e. The van der Waals surface area contributed by atoms with E-state index in [1.165, 1.54) is 11.3 Å². The summed E-state index contributed by atoms with van der Waals surface area (Å²) >= 11 is 3.07. The standard InChI is InChI=1S/C23H31N5O2S2/c1-15(2)13-28-20(26-27-23(28)31-5)7-6-12-24-21(29)19-14-32-22(25-19)17-8-10-18(11-9-17)30-16(3)4/h8-11,14-16H,6-7,12-13H2,1-5H3,(H,24,29). The quantitative estimate of drug-likeness (QED) is 0.314. The van der Waals surface area contributed by atoms with E-state index in [0.29, 0.717) is 18.2 Å². The number of carbonyl (C=O) groups excluding carboxylic acids is 1. The molecule has 0 fully saturated rings. The predicted molar refractivity (Wildman–Crippen MR) is 131 cm³/mol. The van der Waals surface area contributed by atoms with E-state index in [1.807, 2.05) is 44.4 Å². The number of hydrogen-bond donors (Lipinski definition) is 1. The molecule has 2 heterocycles. The summed E-state index contributed by atoms with van der Waals surface area (Å²) in [6.45, 7) is 9.83. The normalized spacial score (nSPS) is 11.3. The van der Waals surface area contributed by atoms with Gasteiger partial charge in [-0.05, 0) is 56.7 Å². The number of rotatable bonds is 11. The fourth-order valence-corrected chi connectivity index (χ4v) is 4.53. The van der Waals surface area contributed by atoms with Gasteiger partial charge in [0, 0.05) is 30.5 Å². The number of hydrogen-bond acceptors (Lipinski definition) is 7. The Balaban J connectivity index is 1.51. The van der Waals surface area contributed by atoms with E-state index in [-0.39, 0.29) is 12.0 Å². The summed E-state index contributed by atoms with van der Waals surface area (Å²) in [6.07, 6.45) is 3.72. The van der Waals surface area contributed by atoms with Crippen molar-refractivity contribution in [1.29, 1.82) is 0 Å². The van der Waals surface area contributed by atoms with Crippen molar-refractivity contribution < 1.29 is 9.53 Å². The van der Waals surface area contributed by atoms with Gasteiger partial charge in [0.25, 0.3) is 5.91 Å². The van der Waals surface area contributed by atoms with Crippen LogP contribution in [-0.4, -0.2) is 44.6 Å². The Morgan fingerprint density at radius 2 is 1.94 bits per heavy atom. The van der Waals surface area contributed by atoms with Crippen LogP contribution in [0.15, 0.2) is 34.8 Å². The second-order valence-electron chi connectivity index (χ2n) is 8.20. The lowest BCUT2D eigenvalue weighted by Gasteiger charge is -2.11. The van der Waals surface area contributed by atoms with Crippen molar-refractivity contribution in [2.45, 2.75) is 58.3 Å². The molecule has 1 aromatic carbocycles. The molecule has 9 heteroatoms. The molecular formula is C23H31N5O2S2. The largest absolute Gasteiger partial charge is 0.491 e. The summed E-state index contributed by atoms with van der Waals surface area (Å²) in [5, 5.41) is 15.1. The molecule has 0 aliphatic rings. The Bertz CT molecular complexity index is 1010. The zero-order chi connectivity index (χ0) is 23.1. The van der Waals surface area contributed by atoms with Gasteiger partial charge < -0.3 is 14.6 Å². The van der Waals surface area contributed by atoms with Gasteiger partial charge in [-0.1, -0.05) is 25.6 Å². The number of aryl methyl sites for hydroxylation is 1. The lowest BCUT2D eigenvalue weighted by Crippen LogP contribution is -2.25. The third-order valence-electron chi connectivity index (χ3n) is 4.60. The molecule has 1 N–H and O–H groups in total. The maximum Gasteiger partial charge on any atom is 0.270 e. The van der Waals surface area contributed by atoms with Gasteiger partial charge in [0.05, 0.1) is 6.10 Å². The van der Waals surface area contributed by atoms with Crippen molar-refractivity contribution in [3.63, 3.8) is 0 Å². The van der Waals surface area contributed by atoms with Crippen LogP contribution in [0.4, 0.5) is 0 Å². The molecule has 0 unspecified atom stereocenters. The molecule has 0 radical (unpaired) electrons. The smallest absolute Gasteiger partial charge is 0.270 e. The van der Waals surface area contributed by atoms with Crippen molar-refractivity contribution in [2.75, 3.05) is 12.8 Å². The summed E-state index contributed by atoms with van der Waals surface area (Å²) in [5.41, 5.74) is 1.42. The average molecular weight is 474 g/mol. The van der Waals surface area contributed by atoms with Crippen LogP contribution in [0.25, 0.3) is 10.6 Å². The second-order valence-corrected chi connectivity index (χ2v) is 9.83. The van der Waals surface area contributed by atoms with E-state index in [1.54, 1.807) is 17.1 Å². The van der Waals surface area contributed by atoms with Crippen molar-refractivity contribution in [1.82, 2.24) is 25.1 Å². The van der Waals surface area contributed by atoms with Crippen LogP contribution in [0.3, 0.4) is 0 Å². The number of thioether (sulfide) groups is 1. The molecule has 0 bridgehead atoms. The molecule has 0 aliphatic carbocycles. The molecule has 172 valence electrons. The van der Waals surface area contributed by atoms with Gasteiger partial charge in [-0.25, -0.2) is 4.98 Å². The molecule has 3 rings (SSSR count). The van der Waals surface area contributed by atoms with Gasteiger partial charge in [-0.15, -0.1) is 21.5 Å². The summed E-state index contributed by atoms with van der Waals surface area (Å²) in [6, 6.07) is 7.79. The molecule has 32 heavy (non-hydrogen) atoms. The van der Waals surface area contributed by atoms with Crippen LogP contribution in [0.2, 0.25) is 0 Å². The first-order valence-corrected chi connectivity index (χ1v) is 12.9. The molecule has 0 aliphatic heterocycles. The van der Waals surface area contributed by atoms with E-state index >= 15 is 0 Å². The monoisotopic (exact) mass is 473 g/mol. The maximum absolute atomic E-state index is 12.5. The molecule has 0 saturated heterocycles.